The number of methoxy groups -OCH3 is 2. The molecule has 0 aromatic heterocycles. The molecule has 0 unspecified atom stereocenters. The largest absolute Gasteiger partial charge is 0.495 e. The van der Waals surface area contributed by atoms with Gasteiger partial charge >= 0.3 is 5.97 Å². The number of amides is 1. The smallest absolute Gasteiger partial charge is 0.338 e. The van der Waals surface area contributed by atoms with Crippen molar-refractivity contribution in [2.24, 2.45) is 0 Å². The van der Waals surface area contributed by atoms with Gasteiger partial charge in [0.05, 0.1) is 29.9 Å². The Morgan fingerprint density at radius 2 is 1.86 bits per heavy atom. The third-order valence-electron chi connectivity index (χ3n) is 3.77. The number of nitro groups is 1. The highest BCUT2D eigenvalue weighted by Crippen LogP contribution is 2.26. The number of nitrogens with one attached hydrogen (secondary N) is 2. The maximum atomic E-state index is 12.2. The van der Waals surface area contributed by atoms with Crippen LogP contribution < -0.4 is 15.4 Å². The summed E-state index contributed by atoms with van der Waals surface area (Å²) in [5.41, 5.74) is 0.351. The Kier molecular flexibility index (Phi) is 7.92. The lowest BCUT2D eigenvalue weighted by Gasteiger charge is -2.10. The van der Waals surface area contributed by atoms with Gasteiger partial charge < -0.3 is 24.8 Å². The fourth-order valence-electron chi connectivity index (χ4n) is 2.40. The van der Waals surface area contributed by atoms with Crippen LogP contribution in [-0.4, -0.2) is 50.8 Å². The third-order valence-corrected chi connectivity index (χ3v) is 3.77. The number of esters is 1. The van der Waals surface area contributed by atoms with Gasteiger partial charge in [0.25, 0.3) is 11.6 Å². The van der Waals surface area contributed by atoms with Crippen LogP contribution in [-0.2, 0) is 14.3 Å². The van der Waals surface area contributed by atoms with Crippen LogP contribution in [0.25, 0.3) is 0 Å². The van der Waals surface area contributed by atoms with E-state index in [9.17, 15) is 19.7 Å². The minimum absolute atomic E-state index is 0.0425. The molecule has 0 atom stereocenters. The van der Waals surface area contributed by atoms with Crippen LogP contribution in [0.15, 0.2) is 42.5 Å². The van der Waals surface area contributed by atoms with Crippen LogP contribution in [0, 0.1) is 10.1 Å². The number of para-hydroxylation sites is 2. The molecule has 0 bridgehead atoms. The quantitative estimate of drug-likeness (QED) is 0.268. The highest BCUT2D eigenvalue weighted by molar-refractivity contribution is 5.96. The van der Waals surface area contributed by atoms with Crippen molar-refractivity contribution >= 4 is 28.9 Å². The van der Waals surface area contributed by atoms with Crippen molar-refractivity contribution < 1.29 is 28.7 Å². The van der Waals surface area contributed by atoms with E-state index in [1.54, 1.807) is 24.3 Å². The molecule has 0 spiro atoms. The second-order valence-corrected chi connectivity index (χ2v) is 5.73. The molecule has 2 rings (SSSR count). The summed E-state index contributed by atoms with van der Waals surface area (Å²) in [4.78, 5) is 34.9. The molecule has 0 heterocycles. The molecule has 2 aromatic carbocycles. The van der Waals surface area contributed by atoms with Gasteiger partial charge in [-0.2, -0.15) is 0 Å². The average Bonchev–Trinajstić information content (AvgIpc) is 2.72. The van der Waals surface area contributed by atoms with E-state index in [0.29, 0.717) is 24.6 Å². The third kappa shape index (κ3) is 6.18. The number of rotatable bonds is 10. The van der Waals surface area contributed by atoms with E-state index in [4.69, 9.17) is 14.2 Å². The molecule has 2 N–H and O–H groups in total. The Morgan fingerprint density at radius 1 is 1.10 bits per heavy atom. The van der Waals surface area contributed by atoms with Gasteiger partial charge in [0.2, 0.25) is 0 Å². The van der Waals surface area contributed by atoms with Crippen molar-refractivity contribution in [3.63, 3.8) is 0 Å². The van der Waals surface area contributed by atoms with Gasteiger partial charge in [-0.3, -0.25) is 14.9 Å². The van der Waals surface area contributed by atoms with Crippen molar-refractivity contribution in [2.45, 2.75) is 0 Å². The Bertz CT molecular complexity index is 886. The van der Waals surface area contributed by atoms with Crippen LogP contribution in [0.5, 0.6) is 5.75 Å². The summed E-state index contributed by atoms with van der Waals surface area (Å²) < 4.78 is 15.0. The first-order valence-electron chi connectivity index (χ1n) is 8.57. The number of benzene rings is 2. The number of nitro benzene ring substituents is 1. The van der Waals surface area contributed by atoms with Gasteiger partial charge in [-0.1, -0.05) is 12.1 Å². The Hall–Kier alpha value is -3.66. The van der Waals surface area contributed by atoms with Crippen LogP contribution in [0.2, 0.25) is 0 Å². The van der Waals surface area contributed by atoms with E-state index in [-0.39, 0.29) is 16.9 Å². The lowest BCUT2D eigenvalue weighted by atomic mass is 10.1. The predicted molar refractivity (Wildman–Crippen MR) is 105 cm³/mol. The molecule has 10 nitrogen and oxygen atoms in total. The van der Waals surface area contributed by atoms with E-state index in [1.807, 2.05) is 0 Å². The molecule has 0 aliphatic carbocycles. The van der Waals surface area contributed by atoms with Crippen LogP contribution in [0.4, 0.5) is 17.1 Å². The van der Waals surface area contributed by atoms with Gasteiger partial charge in [-0.05, 0) is 24.3 Å². The highest BCUT2D eigenvalue weighted by Gasteiger charge is 2.19. The summed E-state index contributed by atoms with van der Waals surface area (Å²) in [6.45, 7) is 0.172. The first-order chi connectivity index (χ1) is 14.0. The van der Waals surface area contributed by atoms with E-state index in [1.165, 1.54) is 26.4 Å². The summed E-state index contributed by atoms with van der Waals surface area (Å²) in [5, 5.41) is 16.7. The number of carbonyl (C=O) groups excluding carboxylic acids is 2. The molecule has 154 valence electrons. The topological polar surface area (TPSA) is 129 Å². The first-order valence-corrected chi connectivity index (χ1v) is 8.57. The van der Waals surface area contributed by atoms with Crippen molar-refractivity contribution in [3.05, 3.63) is 58.1 Å². The van der Waals surface area contributed by atoms with E-state index >= 15 is 0 Å². The standard InChI is InChI=1S/C19H21N3O7/c1-27-10-9-20-14-8-7-13(11-16(14)22(25)26)19(24)29-12-18(23)21-15-5-3-4-6-17(15)28-2/h3-8,11,20H,9-10,12H2,1-2H3,(H,21,23). The van der Waals surface area contributed by atoms with E-state index in [2.05, 4.69) is 10.6 Å². The molecule has 0 saturated carbocycles. The summed E-state index contributed by atoms with van der Waals surface area (Å²) in [5.74, 6) is -0.971. The normalized spacial score (nSPS) is 10.1. The van der Waals surface area contributed by atoms with E-state index in [0.717, 1.165) is 6.07 Å². The van der Waals surface area contributed by atoms with Gasteiger partial charge in [-0.25, -0.2) is 4.79 Å². The maximum absolute atomic E-state index is 12.2. The molecule has 10 heteroatoms. The molecule has 0 fully saturated rings. The molecule has 2 aromatic rings. The van der Waals surface area contributed by atoms with Crippen molar-refractivity contribution in [1.82, 2.24) is 0 Å². The minimum Gasteiger partial charge on any atom is -0.495 e. The zero-order chi connectivity index (χ0) is 21.2. The van der Waals surface area contributed by atoms with Gasteiger partial charge in [0.15, 0.2) is 6.61 Å². The summed E-state index contributed by atoms with van der Waals surface area (Å²) in [6, 6.07) is 10.6. The van der Waals surface area contributed by atoms with Gasteiger partial charge in [0, 0.05) is 19.7 Å². The second kappa shape index (κ2) is 10.6. The summed E-state index contributed by atoms with van der Waals surface area (Å²) in [7, 11) is 2.98. The zero-order valence-electron chi connectivity index (χ0n) is 16.0. The molecule has 0 radical (unpaired) electrons. The fourth-order valence-corrected chi connectivity index (χ4v) is 2.40. The van der Waals surface area contributed by atoms with Crippen molar-refractivity contribution in [2.75, 3.05) is 44.6 Å². The lowest BCUT2D eigenvalue weighted by Crippen LogP contribution is -2.21. The highest BCUT2D eigenvalue weighted by atomic mass is 16.6. The molecule has 29 heavy (non-hydrogen) atoms. The number of nitrogens with zero attached hydrogens (tertiary/aromatic N) is 1. The molecule has 0 aliphatic heterocycles. The summed E-state index contributed by atoms with van der Waals surface area (Å²) in [6.07, 6.45) is 0. The molecular weight excluding hydrogens is 382 g/mol. The number of hydrogen-bond donors (Lipinski definition) is 2. The molecule has 0 aliphatic rings. The fraction of sp³-hybridized carbons (Fsp3) is 0.263. The van der Waals surface area contributed by atoms with Crippen LogP contribution >= 0.6 is 0 Å². The van der Waals surface area contributed by atoms with Gasteiger partial charge in [-0.15, -0.1) is 0 Å². The first kappa shape index (κ1) is 21.6. The Labute approximate surface area is 166 Å². The van der Waals surface area contributed by atoms with Crippen LogP contribution in [0.3, 0.4) is 0 Å². The second-order valence-electron chi connectivity index (χ2n) is 5.73. The number of ether oxygens (including phenoxy) is 3. The maximum Gasteiger partial charge on any atom is 0.338 e. The molecule has 0 saturated heterocycles. The Balaban J connectivity index is 2.00. The number of carbonyl (C=O) groups is 2. The Morgan fingerprint density at radius 3 is 2.55 bits per heavy atom. The average molecular weight is 403 g/mol. The lowest BCUT2D eigenvalue weighted by molar-refractivity contribution is -0.384. The molecular formula is C19H21N3O7. The van der Waals surface area contributed by atoms with Crippen molar-refractivity contribution in [3.8, 4) is 5.75 Å². The predicted octanol–water partition coefficient (Wildman–Crippen LogP) is 2.46. The minimum atomic E-state index is -0.855. The van der Waals surface area contributed by atoms with Gasteiger partial charge in [0.1, 0.15) is 11.4 Å². The monoisotopic (exact) mass is 403 g/mol. The SMILES string of the molecule is COCCNc1ccc(C(=O)OCC(=O)Nc2ccccc2OC)cc1[N+](=O)[O-]. The summed E-state index contributed by atoms with van der Waals surface area (Å²) >= 11 is 0. The van der Waals surface area contributed by atoms with Crippen LogP contribution in [0.1, 0.15) is 10.4 Å². The number of anilines is 2. The zero-order valence-corrected chi connectivity index (χ0v) is 16.0. The molecule has 1 amide bonds. The van der Waals surface area contributed by atoms with E-state index < -0.39 is 23.4 Å². The number of hydrogen-bond acceptors (Lipinski definition) is 8. The van der Waals surface area contributed by atoms with Crippen molar-refractivity contribution in [1.29, 1.82) is 0 Å².